The summed E-state index contributed by atoms with van der Waals surface area (Å²) in [7, 11) is 0. The zero-order chi connectivity index (χ0) is 13.9. The normalized spacial score (nSPS) is 11.8. The summed E-state index contributed by atoms with van der Waals surface area (Å²) in [4.78, 5) is 10.8. The molecule has 0 aliphatic carbocycles. The Bertz CT molecular complexity index is 376. The number of hydrogen-bond donors (Lipinski definition) is 1. The second-order valence-electron chi connectivity index (χ2n) is 4.54. The number of esters is 1. The van der Waals surface area contributed by atoms with Crippen LogP contribution < -0.4 is 5.32 Å². The quantitative estimate of drug-likeness (QED) is 0.422. The summed E-state index contributed by atoms with van der Waals surface area (Å²) in [6.07, 6.45) is 4.48. The molecule has 0 aromatic heterocycles. The van der Waals surface area contributed by atoms with Gasteiger partial charge in [0.2, 0.25) is 0 Å². The monoisotopic (exact) mass is 261 g/mol. The maximum atomic E-state index is 10.8. The molecule has 19 heavy (non-hydrogen) atoms. The SMILES string of the molecule is C=CC(CCCCNCc1ccccc1)OC(C)=O. The lowest BCUT2D eigenvalue weighted by Crippen LogP contribution is -2.16. The highest BCUT2D eigenvalue weighted by atomic mass is 16.5. The van der Waals surface area contributed by atoms with Gasteiger partial charge in [-0.3, -0.25) is 4.79 Å². The van der Waals surface area contributed by atoms with Crippen molar-refractivity contribution in [1.29, 1.82) is 0 Å². The van der Waals surface area contributed by atoms with Crippen LogP contribution in [0.3, 0.4) is 0 Å². The molecule has 1 rings (SSSR count). The van der Waals surface area contributed by atoms with Gasteiger partial charge in [0.25, 0.3) is 0 Å². The van der Waals surface area contributed by atoms with Crippen LogP contribution in [-0.4, -0.2) is 18.6 Å². The molecule has 0 saturated carbocycles. The molecule has 1 aromatic rings. The lowest BCUT2D eigenvalue weighted by molar-refractivity contribution is -0.144. The zero-order valence-corrected chi connectivity index (χ0v) is 11.6. The number of nitrogens with one attached hydrogen (secondary N) is 1. The highest BCUT2D eigenvalue weighted by Gasteiger charge is 2.06. The van der Waals surface area contributed by atoms with Gasteiger partial charge < -0.3 is 10.1 Å². The van der Waals surface area contributed by atoms with E-state index in [1.165, 1.54) is 12.5 Å². The third-order valence-corrected chi connectivity index (χ3v) is 2.84. The van der Waals surface area contributed by atoms with E-state index in [1.807, 2.05) is 18.2 Å². The van der Waals surface area contributed by atoms with E-state index < -0.39 is 0 Å². The molecule has 104 valence electrons. The topological polar surface area (TPSA) is 38.3 Å². The summed E-state index contributed by atoms with van der Waals surface area (Å²) in [5, 5.41) is 3.40. The van der Waals surface area contributed by atoms with Gasteiger partial charge in [-0.05, 0) is 31.4 Å². The van der Waals surface area contributed by atoms with Crippen molar-refractivity contribution in [3.63, 3.8) is 0 Å². The van der Waals surface area contributed by atoms with Crippen molar-refractivity contribution in [1.82, 2.24) is 5.32 Å². The van der Waals surface area contributed by atoms with Crippen LogP contribution in [0.25, 0.3) is 0 Å². The minimum absolute atomic E-state index is 0.147. The average molecular weight is 261 g/mol. The fraction of sp³-hybridized carbons (Fsp3) is 0.438. The molecule has 1 N–H and O–H groups in total. The van der Waals surface area contributed by atoms with E-state index >= 15 is 0 Å². The fourth-order valence-electron chi connectivity index (χ4n) is 1.86. The number of carbonyl (C=O) groups is 1. The number of benzene rings is 1. The number of carbonyl (C=O) groups excluding carboxylic acids is 1. The molecule has 0 saturated heterocycles. The molecular weight excluding hydrogens is 238 g/mol. The minimum atomic E-state index is -0.243. The van der Waals surface area contributed by atoms with Gasteiger partial charge in [-0.15, -0.1) is 0 Å². The van der Waals surface area contributed by atoms with Gasteiger partial charge in [-0.1, -0.05) is 43.0 Å². The fourth-order valence-corrected chi connectivity index (χ4v) is 1.86. The molecule has 0 heterocycles. The summed E-state index contributed by atoms with van der Waals surface area (Å²) >= 11 is 0. The lowest BCUT2D eigenvalue weighted by Gasteiger charge is -2.12. The number of hydrogen-bond acceptors (Lipinski definition) is 3. The maximum absolute atomic E-state index is 10.8. The molecule has 0 fully saturated rings. The molecule has 0 spiro atoms. The molecule has 0 amide bonds. The molecule has 1 atom stereocenters. The van der Waals surface area contributed by atoms with Crippen molar-refractivity contribution in [3.8, 4) is 0 Å². The Hall–Kier alpha value is -1.61. The third-order valence-electron chi connectivity index (χ3n) is 2.84. The van der Waals surface area contributed by atoms with Crippen molar-refractivity contribution in [2.75, 3.05) is 6.54 Å². The van der Waals surface area contributed by atoms with E-state index in [9.17, 15) is 4.79 Å². The molecule has 3 heteroatoms. The average Bonchev–Trinajstić information content (AvgIpc) is 2.42. The minimum Gasteiger partial charge on any atom is -0.458 e. The standard InChI is InChI=1S/C16H23NO2/c1-3-16(19-14(2)18)11-7-8-12-17-13-15-9-5-4-6-10-15/h3-6,9-10,16-17H,1,7-8,11-13H2,2H3. The Balaban J connectivity index is 2.04. The van der Waals surface area contributed by atoms with E-state index in [1.54, 1.807) is 6.08 Å². The smallest absolute Gasteiger partial charge is 0.303 e. The van der Waals surface area contributed by atoms with Crippen LogP contribution in [0, 0.1) is 0 Å². The van der Waals surface area contributed by atoms with Crippen molar-refractivity contribution in [3.05, 3.63) is 48.6 Å². The maximum Gasteiger partial charge on any atom is 0.303 e. The highest BCUT2D eigenvalue weighted by molar-refractivity contribution is 5.66. The van der Waals surface area contributed by atoms with Crippen LogP contribution in [0.15, 0.2) is 43.0 Å². The van der Waals surface area contributed by atoms with Gasteiger partial charge in [0.15, 0.2) is 0 Å². The Morgan fingerprint density at radius 2 is 2.11 bits per heavy atom. The van der Waals surface area contributed by atoms with E-state index in [2.05, 4.69) is 24.0 Å². The van der Waals surface area contributed by atoms with Gasteiger partial charge in [0.05, 0.1) is 0 Å². The van der Waals surface area contributed by atoms with Gasteiger partial charge in [0.1, 0.15) is 6.10 Å². The molecule has 1 unspecified atom stereocenters. The first kappa shape index (κ1) is 15.4. The van der Waals surface area contributed by atoms with E-state index in [-0.39, 0.29) is 12.1 Å². The van der Waals surface area contributed by atoms with Crippen LogP contribution in [-0.2, 0) is 16.1 Å². The number of rotatable bonds is 9. The first-order valence-electron chi connectivity index (χ1n) is 6.77. The molecule has 0 aliphatic rings. The predicted molar refractivity (Wildman–Crippen MR) is 77.8 cm³/mol. The van der Waals surface area contributed by atoms with E-state index in [0.717, 1.165) is 32.4 Å². The molecule has 0 aliphatic heterocycles. The molecule has 0 bridgehead atoms. The lowest BCUT2D eigenvalue weighted by atomic mass is 10.1. The Morgan fingerprint density at radius 1 is 1.37 bits per heavy atom. The highest BCUT2D eigenvalue weighted by Crippen LogP contribution is 2.06. The van der Waals surface area contributed by atoms with Crippen LogP contribution in [0.4, 0.5) is 0 Å². The predicted octanol–water partition coefficient (Wildman–Crippen LogP) is 3.06. The van der Waals surface area contributed by atoms with Crippen molar-refractivity contribution in [2.45, 2.75) is 38.8 Å². The molecule has 1 aromatic carbocycles. The number of ether oxygens (including phenoxy) is 1. The van der Waals surface area contributed by atoms with Crippen molar-refractivity contribution in [2.24, 2.45) is 0 Å². The summed E-state index contributed by atoms with van der Waals surface area (Å²) in [6, 6.07) is 10.3. The van der Waals surface area contributed by atoms with Gasteiger partial charge in [-0.2, -0.15) is 0 Å². The largest absolute Gasteiger partial charge is 0.458 e. The van der Waals surface area contributed by atoms with Gasteiger partial charge in [-0.25, -0.2) is 0 Å². The zero-order valence-electron chi connectivity index (χ0n) is 11.6. The van der Waals surface area contributed by atoms with Crippen LogP contribution in [0.2, 0.25) is 0 Å². The van der Waals surface area contributed by atoms with Gasteiger partial charge in [0, 0.05) is 13.5 Å². The second-order valence-corrected chi connectivity index (χ2v) is 4.54. The summed E-state index contributed by atoms with van der Waals surface area (Å²) in [5.41, 5.74) is 1.30. The van der Waals surface area contributed by atoms with Gasteiger partial charge >= 0.3 is 5.97 Å². The van der Waals surface area contributed by atoms with Crippen LogP contribution in [0.1, 0.15) is 31.7 Å². The Morgan fingerprint density at radius 3 is 2.74 bits per heavy atom. The van der Waals surface area contributed by atoms with E-state index in [4.69, 9.17) is 4.74 Å². The van der Waals surface area contributed by atoms with E-state index in [0.29, 0.717) is 0 Å². The van der Waals surface area contributed by atoms with Crippen LogP contribution >= 0.6 is 0 Å². The number of unbranched alkanes of at least 4 members (excludes halogenated alkanes) is 1. The molecular formula is C16H23NO2. The summed E-state index contributed by atoms with van der Waals surface area (Å²) < 4.78 is 5.10. The second kappa shape index (κ2) is 9.34. The summed E-state index contributed by atoms with van der Waals surface area (Å²) in [5.74, 6) is -0.243. The Labute approximate surface area is 115 Å². The first-order valence-corrected chi connectivity index (χ1v) is 6.77. The molecule has 3 nitrogen and oxygen atoms in total. The molecule has 0 radical (unpaired) electrons. The van der Waals surface area contributed by atoms with Crippen molar-refractivity contribution >= 4 is 5.97 Å². The first-order chi connectivity index (χ1) is 9.22. The van der Waals surface area contributed by atoms with Crippen LogP contribution in [0.5, 0.6) is 0 Å². The van der Waals surface area contributed by atoms with Crippen molar-refractivity contribution < 1.29 is 9.53 Å². The third kappa shape index (κ3) is 7.42. The Kier molecular flexibility index (Phi) is 7.59. The summed E-state index contributed by atoms with van der Waals surface area (Å²) in [6.45, 7) is 6.97.